The van der Waals surface area contributed by atoms with Crippen LogP contribution in [0.4, 0.5) is 5.69 Å². The van der Waals surface area contributed by atoms with Crippen molar-refractivity contribution < 1.29 is 9.53 Å². The first-order chi connectivity index (χ1) is 9.20. The highest BCUT2D eigenvalue weighted by Crippen LogP contribution is 2.21. The van der Waals surface area contributed by atoms with E-state index in [0.717, 1.165) is 0 Å². The lowest BCUT2D eigenvalue weighted by Crippen LogP contribution is -2.27. The van der Waals surface area contributed by atoms with Crippen LogP contribution in [0.25, 0.3) is 0 Å². The standard InChI is InChI=1S/C12H15N5O2/c1-19-11-8-9(13)2-3-10(11)12(18)14-4-6-17-7-5-15-16-17/h2-3,5,7-8H,4,6,13H2,1H3,(H,14,18). The number of carbonyl (C=O) groups excluding carboxylic acids is 1. The first-order valence-electron chi connectivity index (χ1n) is 5.76. The average molecular weight is 261 g/mol. The summed E-state index contributed by atoms with van der Waals surface area (Å²) in [6.45, 7) is 1.01. The number of nitrogen functional groups attached to an aromatic ring is 1. The molecule has 0 fully saturated rings. The largest absolute Gasteiger partial charge is 0.496 e. The van der Waals surface area contributed by atoms with Crippen molar-refractivity contribution in [3.05, 3.63) is 36.2 Å². The van der Waals surface area contributed by atoms with E-state index in [-0.39, 0.29) is 5.91 Å². The molecule has 1 heterocycles. The monoisotopic (exact) mass is 261 g/mol. The summed E-state index contributed by atoms with van der Waals surface area (Å²) in [6.07, 6.45) is 3.32. The van der Waals surface area contributed by atoms with Gasteiger partial charge in [0.25, 0.3) is 5.91 Å². The van der Waals surface area contributed by atoms with E-state index in [0.29, 0.717) is 30.1 Å². The van der Waals surface area contributed by atoms with Gasteiger partial charge in [0.1, 0.15) is 5.75 Å². The average Bonchev–Trinajstić information content (AvgIpc) is 2.91. The summed E-state index contributed by atoms with van der Waals surface area (Å²) in [5, 5.41) is 10.3. The Morgan fingerprint density at radius 3 is 3.05 bits per heavy atom. The van der Waals surface area contributed by atoms with Crippen molar-refractivity contribution in [3.8, 4) is 5.75 Å². The fourth-order valence-electron chi connectivity index (χ4n) is 1.63. The Balaban J connectivity index is 1.96. The Kier molecular flexibility index (Phi) is 3.97. The van der Waals surface area contributed by atoms with Crippen LogP contribution in [0.3, 0.4) is 0 Å². The molecule has 0 spiro atoms. The fraction of sp³-hybridized carbons (Fsp3) is 0.250. The number of nitrogens with zero attached hydrogens (tertiary/aromatic N) is 3. The van der Waals surface area contributed by atoms with E-state index in [4.69, 9.17) is 10.5 Å². The Morgan fingerprint density at radius 2 is 2.37 bits per heavy atom. The molecule has 7 nitrogen and oxygen atoms in total. The highest BCUT2D eigenvalue weighted by molar-refractivity contribution is 5.97. The first-order valence-corrected chi connectivity index (χ1v) is 5.76. The van der Waals surface area contributed by atoms with Crippen LogP contribution in [-0.2, 0) is 6.54 Å². The van der Waals surface area contributed by atoms with Gasteiger partial charge in [-0.25, -0.2) is 0 Å². The van der Waals surface area contributed by atoms with Crippen molar-refractivity contribution in [1.82, 2.24) is 20.3 Å². The van der Waals surface area contributed by atoms with Crippen molar-refractivity contribution >= 4 is 11.6 Å². The molecule has 1 aromatic heterocycles. The normalized spacial score (nSPS) is 10.2. The fourth-order valence-corrected chi connectivity index (χ4v) is 1.63. The maximum absolute atomic E-state index is 12.0. The number of methoxy groups -OCH3 is 1. The zero-order chi connectivity index (χ0) is 13.7. The minimum Gasteiger partial charge on any atom is -0.496 e. The van der Waals surface area contributed by atoms with Crippen LogP contribution in [0.5, 0.6) is 5.75 Å². The SMILES string of the molecule is COc1cc(N)ccc1C(=O)NCCn1ccnn1. The summed E-state index contributed by atoms with van der Waals surface area (Å²) in [5.41, 5.74) is 6.64. The second-order valence-corrected chi connectivity index (χ2v) is 3.88. The van der Waals surface area contributed by atoms with Gasteiger partial charge in [0.15, 0.2) is 0 Å². The molecule has 0 unspecified atom stereocenters. The molecule has 0 bridgehead atoms. The van der Waals surface area contributed by atoms with Crippen LogP contribution in [0.15, 0.2) is 30.6 Å². The number of hydrogen-bond donors (Lipinski definition) is 2. The van der Waals surface area contributed by atoms with E-state index in [9.17, 15) is 4.79 Å². The lowest BCUT2D eigenvalue weighted by molar-refractivity contribution is 0.0949. The van der Waals surface area contributed by atoms with Crippen molar-refractivity contribution in [3.63, 3.8) is 0 Å². The van der Waals surface area contributed by atoms with Gasteiger partial charge in [-0.15, -0.1) is 5.10 Å². The number of benzene rings is 1. The predicted octanol–water partition coefficient (Wildman–Crippen LogP) is 0.299. The van der Waals surface area contributed by atoms with E-state index in [1.54, 1.807) is 35.3 Å². The van der Waals surface area contributed by atoms with E-state index < -0.39 is 0 Å². The quantitative estimate of drug-likeness (QED) is 0.755. The van der Waals surface area contributed by atoms with Gasteiger partial charge >= 0.3 is 0 Å². The molecule has 1 amide bonds. The molecule has 2 rings (SSSR count). The third kappa shape index (κ3) is 3.21. The van der Waals surface area contributed by atoms with E-state index in [2.05, 4.69) is 15.6 Å². The number of nitrogens with two attached hydrogens (primary N) is 1. The molecule has 0 saturated heterocycles. The van der Waals surface area contributed by atoms with E-state index in [1.165, 1.54) is 7.11 Å². The molecular formula is C12H15N5O2. The van der Waals surface area contributed by atoms with Gasteiger partial charge in [-0.05, 0) is 12.1 Å². The second kappa shape index (κ2) is 5.85. The number of carbonyl (C=O) groups is 1. The zero-order valence-corrected chi connectivity index (χ0v) is 10.5. The second-order valence-electron chi connectivity index (χ2n) is 3.88. The van der Waals surface area contributed by atoms with Crippen LogP contribution in [-0.4, -0.2) is 34.6 Å². The Hall–Kier alpha value is -2.57. The highest BCUT2D eigenvalue weighted by atomic mass is 16.5. The lowest BCUT2D eigenvalue weighted by atomic mass is 10.1. The van der Waals surface area contributed by atoms with Gasteiger partial charge in [0.2, 0.25) is 0 Å². The number of aromatic nitrogens is 3. The molecule has 100 valence electrons. The number of anilines is 1. The Labute approximate surface area is 110 Å². The summed E-state index contributed by atoms with van der Waals surface area (Å²) < 4.78 is 6.77. The van der Waals surface area contributed by atoms with Crippen LogP contribution in [0.2, 0.25) is 0 Å². The lowest BCUT2D eigenvalue weighted by Gasteiger charge is -2.09. The van der Waals surface area contributed by atoms with Gasteiger partial charge in [-0.1, -0.05) is 5.21 Å². The minimum atomic E-state index is -0.211. The first kappa shape index (κ1) is 12.9. The van der Waals surface area contributed by atoms with Crippen molar-refractivity contribution in [2.75, 3.05) is 19.4 Å². The molecule has 0 aliphatic rings. The van der Waals surface area contributed by atoms with Crippen molar-refractivity contribution in [2.24, 2.45) is 0 Å². The van der Waals surface area contributed by atoms with Gasteiger partial charge < -0.3 is 15.8 Å². The van der Waals surface area contributed by atoms with Gasteiger partial charge in [-0.3, -0.25) is 9.48 Å². The third-order valence-electron chi connectivity index (χ3n) is 2.57. The van der Waals surface area contributed by atoms with Crippen LogP contribution in [0, 0.1) is 0 Å². The third-order valence-corrected chi connectivity index (χ3v) is 2.57. The summed E-state index contributed by atoms with van der Waals surface area (Å²) >= 11 is 0. The van der Waals surface area contributed by atoms with Gasteiger partial charge in [-0.2, -0.15) is 0 Å². The molecule has 1 aromatic carbocycles. The molecule has 3 N–H and O–H groups in total. The highest BCUT2D eigenvalue weighted by Gasteiger charge is 2.11. The van der Waals surface area contributed by atoms with Crippen LogP contribution in [0.1, 0.15) is 10.4 Å². The summed E-state index contributed by atoms with van der Waals surface area (Å²) in [5.74, 6) is 0.246. The van der Waals surface area contributed by atoms with Gasteiger partial charge in [0.05, 0.1) is 25.4 Å². The number of rotatable bonds is 5. The van der Waals surface area contributed by atoms with E-state index in [1.807, 2.05) is 0 Å². The van der Waals surface area contributed by atoms with Gasteiger partial charge in [0, 0.05) is 24.5 Å². The summed E-state index contributed by atoms with van der Waals surface area (Å²) in [7, 11) is 1.50. The van der Waals surface area contributed by atoms with Crippen LogP contribution < -0.4 is 15.8 Å². The Morgan fingerprint density at radius 1 is 1.53 bits per heavy atom. The molecule has 0 aliphatic carbocycles. The number of amides is 1. The van der Waals surface area contributed by atoms with Crippen LogP contribution >= 0.6 is 0 Å². The number of hydrogen-bond acceptors (Lipinski definition) is 5. The maximum Gasteiger partial charge on any atom is 0.255 e. The smallest absolute Gasteiger partial charge is 0.255 e. The molecule has 7 heteroatoms. The molecule has 0 aliphatic heterocycles. The summed E-state index contributed by atoms with van der Waals surface area (Å²) in [4.78, 5) is 12.0. The summed E-state index contributed by atoms with van der Waals surface area (Å²) in [6, 6.07) is 4.92. The topological polar surface area (TPSA) is 95.1 Å². The zero-order valence-electron chi connectivity index (χ0n) is 10.5. The molecule has 0 saturated carbocycles. The molecule has 2 aromatic rings. The predicted molar refractivity (Wildman–Crippen MR) is 69.8 cm³/mol. The Bertz CT molecular complexity index is 553. The van der Waals surface area contributed by atoms with E-state index >= 15 is 0 Å². The number of nitrogens with one attached hydrogen (secondary N) is 1. The minimum absolute atomic E-state index is 0.211. The van der Waals surface area contributed by atoms with Crippen molar-refractivity contribution in [2.45, 2.75) is 6.54 Å². The molecule has 19 heavy (non-hydrogen) atoms. The molecule has 0 radical (unpaired) electrons. The number of ether oxygens (including phenoxy) is 1. The van der Waals surface area contributed by atoms with Crippen molar-refractivity contribution in [1.29, 1.82) is 0 Å². The molecule has 0 atom stereocenters. The maximum atomic E-state index is 12.0. The molecular weight excluding hydrogens is 246 g/mol.